The van der Waals surface area contributed by atoms with Gasteiger partial charge in [0, 0.05) is 27.7 Å². The number of nitrogens with one attached hydrogen (secondary N) is 1. The topological polar surface area (TPSA) is 76.2 Å². The molecule has 1 rings (SSSR count). The highest BCUT2D eigenvalue weighted by molar-refractivity contribution is 5.79. The van der Waals surface area contributed by atoms with Crippen molar-refractivity contribution in [2.24, 2.45) is 13.0 Å². The van der Waals surface area contributed by atoms with Crippen LogP contribution in [0.2, 0.25) is 0 Å². The summed E-state index contributed by atoms with van der Waals surface area (Å²) in [6, 6.07) is 0. The molecule has 1 heterocycles. The SMILES string of the molecule is CCc1nn(C)c(N(C)CC(C)C(=O)NC)c1N. The number of aromatic nitrogens is 2. The standard InChI is InChI=1S/C12H23N5O/c1-6-9-10(13)12(17(5)15-9)16(4)7-8(2)11(18)14-3/h8H,6-7,13H2,1-5H3,(H,14,18). The van der Waals surface area contributed by atoms with E-state index in [4.69, 9.17) is 5.73 Å². The Balaban J connectivity index is 2.87. The number of nitrogens with zero attached hydrogens (tertiary/aromatic N) is 3. The number of hydrogen-bond donors (Lipinski definition) is 2. The fourth-order valence-corrected chi connectivity index (χ4v) is 2.13. The first kappa shape index (κ1) is 14.3. The molecule has 6 nitrogen and oxygen atoms in total. The maximum Gasteiger partial charge on any atom is 0.224 e. The summed E-state index contributed by atoms with van der Waals surface area (Å²) >= 11 is 0. The molecule has 3 N–H and O–H groups in total. The molecule has 0 spiro atoms. The third-order valence-corrected chi connectivity index (χ3v) is 3.07. The van der Waals surface area contributed by atoms with Crippen LogP contribution in [0.15, 0.2) is 0 Å². The van der Waals surface area contributed by atoms with E-state index in [1.807, 2.05) is 32.8 Å². The minimum Gasteiger partial charge on any atom is -0.394 e. The third-order valence-electron chi connectivity index (χ3n) is 3.07. The van der Waals surface area contributed by atoms with Gasteiger partial charge in [0.1, 0.15) is 5.82 Å². The van der Waals surface area contributed by atoms with Crippen LogP contribution in [-0.4, -0.2) is 36.3 Å². The van der Waals surface area contributed by atoms with E-state index in [2.05, 4.69) is 10.4 Å². The maximum absolute atomic E-state index is 11.5. The van der Waals surface area contributed by atoms with Crippen molar-refractivity contribution >= 4 is 17.4 Å². The number of anilines is 2. The molecule has 1 aromatic rings. The second-order valence-corrected chi connectivity index (χ2v) is 4.56. The van der Waals surface area contributed by atoms with Crippen LogP contribution in [0, 0.1) is 5.92 Å². The van der Waals surface area contributed by atoms with Crippen LogP contribution in [0.5, 0.6) is 0 Å². The lowest BCUT2D eigenvalue weighted by atomic mass is 10.1. The average molecular weight is 253 g/mol. The lowest BCUT2D eigenvalue weighted by molar-refractivity contribution is -0.123. The predicted octanol–water partition coefficient (Wildman–Crippen LogP) is 0.383. The molecule has 0 bridgehead atoms. The number of hydrogen-bond acceptors (Lipinski definition) is 4. The number of aryl methyl sites for hydroxylation is 2. The molecule has 0 radical (unpaired) electrons. The van der Waals surface area contributed by atoms with Crippen LogP contribution in [0.3, 0.4) is 0 Å². The molecule has 0 aliphatic rings. The van der Waals surface area contributed by atoms with Crippen molar-refractivity contribution in [1.82, 2.24) is 15.1 Å². The molecule has 6 heteroatoms. The van der Waals surface area contributed by atoms with Gasteiger partial charge in [-0.2, -0.15) is 5.10 Å². The number of carbonyl (C=O) groups excluding carboxylic acids is 1. The number of carbonyl (C=O) groups is 1. The van der Waals surface area contributed by atoms with Gasteiger partial charge < -0.3 is 16.0 Å². The molecule has 102 valence electrons. The monoisotopic (exact) mass is 253 g/mol. The highest BCUT2D eigenvalue weighted by Gasteiger charge is 2.19. The summed E-state index contributed by atoms with van der Waals surface area (Å²) in [4.78, 5) is 13.5. The van der Waals surface area contributed by atoms with Crippen molar-refractivity contribution < 1.29 is 4.79 Å². The molecule has 0 saturated carbocycles. The van der Waals surface area contributed by atoms with Crippen LogP contribution in [-0.2, 0) is 18.3 Å². The number of nitrogen functional groups attached to an aromatic ring is 1. The van der Waals surface area contributed by atoms with Gasteiger partial charge in [0.05, 0.1) is 17.3 Å². The van der Waals surface area contributed by atoms with Gasteiger partial charge in [-0.3, -0.25) is 9.48 Å². The molecule has 1 atom stereocenters. The lowest BCUT2D eigenvalue weighted by Crippen LogP contribution is -2.35. The summed E-state index contributed by atoms with van der Waals surface area (Å²) in [7, 11) is 5.44. The zero-order valence-corrected chi connectivity index (χ0v) is 11.8. The van der Waals surface area contributed by atoms with Crippen molar-refractivity contribution in [1.29, 1.82) is 0 Å². The summed E-state index contributed by atoms with van der Waals surface area (Å²) < 4.78 is 1.77. The van der Waals surface area contributed by atoms with Gasteiger partial charge >= 0.3 is 0 Å². The Morgan fingerprint density at radius 1 is 1.61 bits per heavy atom. The minimum absolute atomic E-state index is 0.0262. The van der Waals surface area contributed by atoms with Gasteiger partial charge in [0.25, 0.3) is 0 Å². The minimum atomic E-state index is -0.0978. The number of amides is 1. The normalized spacial score (nSPS) is 12.3. The summed E-state index contributed by atoms with van der Waals surface area (Å²) in [6.07, 6.45) is 0.804. The van der Waals surface area contributed by atoms with Gasteiger partial charge in [-0.05, 0) is 6.42 Å². The quantitative estimate of drug-likeness (QED) is 0.795. The van der Waals surface area contributed by atoms with Gasteiger partial charge in [0.15, 0.2) is 0 Å². The van der Waals surface area contributed by atoms with Crippen LogP contribution in [0.25, 0.3) is 0 Å². The fraction of sp³-hybridized carbons (Fsp3) is 0.667. The Labute approximate surface area is 108 Å². The summed E-state index contributed by atoms with van der Waals surface area (Å²) in [5.74, 6) is 0.792. The van der Waals surface area contributed by atoms with E-state index < -0.39 is 0 Å². The summed E-state index contributed by atoms with van der Waals surface area (Å²) in [5.41, 5.74) is 7.67. The Morgan fingerprint density at radius 2 is 2.22 bits per heavy atom. The highest BCUT2D eigenvalue weighted by Crippen LogP contribution is 2.26. The van der Waals surface area contributed by atoms with Crippen molar-refractivity contribution in [2.75, 3.05) is 31.3 Å². The first-order valence-electron chi connectivity index (χ1n) is 6.16. The second kappa shape index (κ2) is 5.75. The second-order valence-electron chi connectivity index (χ2n) is 4.56. The van der Waals surface area contributed by atoms with Crippen LogP contribution < -0.4 is 16.0 Å². The molecule has 0 aromatic carbocycles. The van der Waals surface area contributed by atoms with E-state index in [1.54, 1.807) is 11.7 Å². The number of nitrogens with two attached hydrogens (primary N) is 1. The molecule has 0 saturated heterocycles. The van der Waals surface area contributed by atoms with E-state index in [9.17, 15) is 4.79 Å². The number of rotatable bonds is 5. The smallest absolute Gasteiger partial charge is 0.224 e. The van der Waals surface area contributed by atoms with Gasteiger partial charge in [-0.15, -0.1) is 0 Å². The van der Waals surface area contributed by atoms with E-state index in [0.29, 0.717) is 12.2 Å². The Hall–Kier alpha value is -1.72. The largest absolute Gasteiger partial charge is 0.394 e. The van der Waals surface area contributed by atoms with Crippen molar-refractivity contribution in [2.45, 2.75) is 20.3 Å². The molecule has 0 aliphatic heterocycles. The zero-order valence-electron chi connectivity index (χ0n) is 11.8. The average Bonchev–Trinajstić information content (AvgIpc) is 2.62. The van der Waals surface area contributed by atoms with Crippen LogP contribution >= 0.6 is 0 Å². The Morgan fingerprint density at radius 3 is 2.67 bits per heavy atom. The molecular formula is C12H23N5O. The lowest BCUT2D eigenvalue weighted by Gasteiger charge is -2.23. The van der Waals surface area contributed by atoms with Crippen LogP contribution in [0.4, 0.5) is 11.5 Å². The predicted molar refractivity (Wildman–Crippen MR) is 73.5 cm³/mol. The summed E-state index contributed by atoms with van der Waals surface area (Å²) in [6.45, 7) is 4.52. The van der Waals surface area contributed by atoms with E-state index >= 15 is 0 Å². The first-order valence-corrected chi connectivity index (χ1v) is 6.16. The zero-order chi connectivity index (χ0) is 13.9. The van der Waals surface area contributed by atoms with Crippen molar-refractivity contribution in [3.8, 4) is 0 Å². The van der Waals surface area contributed by atoms with Gasteiger partial charge in [-0.1, -0.05) is 13.8 Å². The Kier molecular flexibility index (Phi) is 4.58. The third kappa shape index (κ3) is 2.75. The molecule has 1 amide bonds. The highest BCUT2D eigenvalue weighted by atomic mass is 16.1. The van der Waals surface area contributed by atoms with Crippen LogP contribution in [0.1, 0.15) is 19.5 Å². The van der Waals surface area contributed by atoms with E-state index in [1.165, 1.54) is 0 Å². The molecule has 1 aromatic heterocycles. The molecule has 0 aliphatic carbocycles. The van der Waals surface area contributed by atoms with E-state index in [-0.39, 0.29) is 11.8 Å². The fourth-order valence-electron chi connectivity index (χ4n) is 2.13. The molecule has 1 unspecified atom stereocenters. The Bertz CT molecular complexity index is 426. The molecule has 18 heavy (non-hydrogen) atoms. The first-order chi connectivity index (χ1) is 8.42. The van der Waals surface area contributed by atoms with E-state index in [0.717, 1.165) is 17.9 Å². The molecule has 0 fully saturated rings. The molecular weight excluding hydrogens is 230 g/mol. The van der Waals surface area contributed by atoms with Crippen molar-refractivity contribution in [3.63, 3.8) is 0 Å². The van der Waals surface area contributed by atoms with Gasteiger partial charge in [0.2, 0.25) is 5.91 Å². The van der Waals surface area contributed by atoms with Gasteiger partial charge in [-0.25, -0.2) is 0 Å². The summed E-state index contributed by atoms with van der Waals surface area (Å²) in [5, 5.41) is 7.02. The van der Waals surface area contributed by atoms with Crippen molar-refractivity contribution in [3.05, 3.63) is 5.69 Å². The maximum atomic E-state index is 11.5.